The van der Waals surface area contributed by atoms with Crippen LogP contribution in [0, 0.1) is 11.3 Å². The fourth-order valence-electron chi connectivity index (χ4n) is 5.30. The number of aromatic nitrogens is 2. The summed E-state index contributed by atoms with van der Waals surface area (Å²) in [6.45, 7) is 10.8. The Bertz CT molecular complexity index is 1220. The second-order valence-electron chi connectivity index (χ2n) is 12.3. The van der Waals surface area contributed by atoms with Crippen LogP contribution in [0.5, 0.6) is 5.75 Å². The number of hydrogen-bond acceptors (Lipinski definition) is 8. The zero-order chi connectivity index (χ0) is 28.5. The van der Waals surface area contributed by atoms with Crippen molar-refractivity contribution in [2.75, 3.05) is 63.0 Å². The van der Waals surface area contributed by atoms with E-state index in [1.807, 2.05) is 14.1 Å². The highest BCUT2D eigenvalue weighted by molar-refractivity contribution is 6.09. The first-order valence-electron chi connectivity index (χ1n) is 13.7. The number of nitrogens with one attached hydrogen (secondary N) is 2. The maximum atomic E-state index is 13.2. The average molecular weight is 538 g/mol. The van der Waals surface area contributed by atoms with Gasteiger partial charge in [0, 0.05) is 32.2 Å². The molecule has 0 atom stereocenters. The second-order valence-corrected chi connectivity index (χ2v) is 12.3. The Labute approximate surface area is 232 Å². The van der Waals surface area contributed by atoms with E-state index in [4.69, 9.17) is 9.72 Å². The van der Waals surface area contributed by atoms with Crippen LogP contribution < -0.4 is 25.2 Å². The fraction of sp³-hybridized carbons (Fsp3) is 0.586. The van der Waals surface area contributed by atoms with E-state index in [0.717, 1.165) is 38.2 Å². The molecule has 0 unspecified atom stereocenters. The number of ether oxygens (including phenoxy) is 1. The van der Waals surface area contributed by atoms with Gasteiger partial charge in [0.2, 0.25) is 5.95 Å². The van der Waals surface area contributed by atoms with Crippen LogP contribution in [0.1, 0.15) is 57.3 Å². The summed E-state index contributed by atoms with van der Waals surface area (Å²) in [6.07, 6.45) is 4.34. The number of carbonyl (C=O) groups is 2. The first-order valence-corrected chi connectivity index (χ1v) is 13.7. The van der Waals surface area contributed by atoms with Crippen molar-refractivity contribution in [3.05, 3.63) is 30.0 Å². The lowest BCUT2D eigenvalue weighted by molar-refractivity contribution is -0.120. The summed E-state index contributed by atoms with van der Waals surface area (Å²) in [5.74, 6) is 2.16. The van der Waals surface area contributed by atoms with Crippen LogP contribution in [0.15, 0.2) is 24.4 Å². The molecule has 0 radical (unpaired) electrons. The molecule has 10 nitrogen and oxygen atoms in total. The van der Waals surface area contributed by atoms with Gasteiger partial charge in [-0.3, -0.25) is 9.59 Å². The molecule has 39 heavy (non-hydrogen) atoms. The molecule has 4 rings (SSSR count). The molecular weight excluding hydrogens is 494 g/mol. The highest BCUT2D eigenvalue weighted by Crippen LogP contribution is 2.51. The van der Waals surface area contributed by atoms with E-state index in [1.165, 1.54) is 0 Å². The SMILES string of the molecule is COc1cc(C(=O)NCC(C)(C)CN(C)C)ccc1Nc1ncc2c(n1)N(CCC(C)C)C1(CC1)C(=O)N2C. The molecule has 212 valence electrons. The molecule has 1 spiro atoms. The molecule has 2 amide bonds. The Kier molecular flexibility index (Phi) is 8.07. The molecular formula is C29H43N7O3. The maximum absolute atomic E-state index is 13.2. The number of amides is 2. The molecule has 0 saturated heterocycles. The van der Waals surface area contributed by atoms with Gasteiger partial charge in [-0.1, -0.05) is 27.7 Å². The second kappa shape index (κ2) is 11.0. The van der Waals surface area contributed by atoms with Crippen LogP contribution in [-0.4, -0.2) is 80.1 Å². The predicted molar refractivity (Wildman–Crippen MR) is 155 cm³/mol. The molecule has 2 N–H and O–H groups in total. The fourth-order valence-corrected chi connectivity index (χ4v) is 5.30. The average Bonchev–Trinajstić information content (AvgIpc) is 3.67. The van der Waals surface area contributed by atoms with Gasteiger partial charge in [0.1, 0.15) is 17.0 Å². The van der Waals surface area contributed by atoms with Crippen LogP contribution >= 0.6 is 0 Å². The molecule has 2 aromatic rings. The minimum atomic E-state index is -0.490. The molecule has 2 heterocycles. The highest BCUT2D eigenvalue weighted by Gasteiger charge is 2.59. The van der Waals surface area contributed by atoms with Gasteiger partial charge in [-0.05, 0) is 62.9 Å². The molecule has 1 aliphatic carbocycles. The summed E-state index contributed by atoms with van der Waals surface area (Å²) >= 11 is 0. The smallest absolute Gasteiger partial charge is 0.252 e. The molecule has 1 aromatic heterocycles. The lowest BCUT2D eigenvalue weighted by Gasteiger charge is -2.41. The van der Waals surface area contributed by atoms with E-state index in [1.54, 1.807) is 43.5 Å². The first kappa shape index (κ1) is 28.6. The standard InChI is InChI=1S/C29H43N7O3/c1-19(2)11-14-36-24-22(35(7)26(38)29(36)12-13-29)16-30-27(33-24)32-21-10-9-20(15-23(21)39-8)25(37)31-17-28(3,4)18-34(5)6/h9-10,15-16,19H,11-14,17-18H2,1-8H3,(H,31,37)(H,30,32,33). The molecule has 1 aliphatic heterocycles. The maximum Gasteiger partial charge on any atom is 0.252 e. The quantitative estimate of drug-likeness (QED) is 0.445. The minimum absolute atomic E-state index is 0.0602. The lowest BCUT2D eigenvalue weighted by atomic mass is 9.93. The number of benzene rings is 1. The molecule has 2 aliphatic rings. The van der Waals surface area contributed by atoms with Gasteiger partial charge < -0.3 is 30.1 Å². The summed E-state index contributed by atoms with van der Waals surface area (Å²) in [6, 6.07) is 5.28. The van der Waals surface area contributed by atoms with Crippen molar-refractivity contribution < 1.29 is 14.3 Å². The van der Waals surface area contributed by atoms with Gasteiger partial charge in [0.25, 0.3) is 11.8 Å². The Balaban J connectivity index is 1.54. The molecule has 1 saturated carbocycles. The van der Waals surface area contributed by atoms with Crippen molar-refractivity contribution in [1.29, 1.82) is 0 Å². The largest absolute Gasteiger partial charge is 0.495 e. The Morgan fingerprint density at radius 1 is 1.26 bits per heavy atom. The Morgan fingerprint density at radius 2 is 1.97 bits per heavy atom. The lowest BCUT2D eigenvalue weighted by Crippen LogP contribution is -2.55. The summed E-state index contributed by atoms with van der Waals surface area (Å²) in [4.78, 5) is 41.4. The minimum Gasteiger partial charge on any atom is -0.495 e. The first-order chi connectivity index (χ1) is 18.4. The third-order valence-corrected chi connectivity index (χ3v) is 7.42. The zero-order valence-electron chi connectivity index (χ0n) is 24.6. The number of carbonyl (C=O) groups excluding carboxylic acids is 2. The molecule has 0 bridgehead atoms. The van der Waals surface area contributed by atoms with Crippen molar-refractivity contribution in [2.45, 2.75) is 52.5 Å². The third kappa shape index (κ3) is 6.11. The number of hydrogen-bond donors (Lipinski definition) is 2. The van der Waals surface area contributed by atoms with E-state index in [0.29, 0.717) is 41.1 Å². The van der Waals surface area contributed by atoms with Gasteiger partial charge in [-0.25, -0.2) is 4.98 Å². The molecule has 10 heteroatoms. The summed E-state index contributed by atoms with van der Waals surface area (Å²) in [5.41, 5.74) is 1.32. The molecule has 1 fully saturated rings. The zero-order valence-corrected chi connectivity index (χ0v) is 24.6. The van der Waals surface area contributed by atoms with Crippen LogP contribution in [0.25, 0.3) is 0 Å². The van der Waals surface area contributed by atoms with E-state index >= 15 is 0 Å². The van der Waals surface area contributed by atoms with Crippen LogP contribution in [0.2, 0.25) is 0 Å². The number of methoxy groups -OCH3 is 1. The van der Waals surface area contributed by atoms with Gasteiger partial charge in [0.05, 0.1) is 19.0 Å². The highest BCUT2D eigenvalue weighted by atomic mass is 16.5. The normalized spacial score (nSPS) is 16.1. The van der Waals surface area contributed by atoms with Crippen LogP contribution in [-0.2, 0) is 4.79 Å². The third-order valence-electron chi connectivity index (χ3n) is 7.42. The van der Waals surface area contributed by atoms with Crippen molar-refractivity contribution in [2.24, 2.45) is 11.3 Å². The van der Waals surface area contributed by atoms with Gasteiger partial charge >= 0.3 is 0 Å². The Morgan fingerprint density at radius 3 is 2.59 bits per heavy atom. The van der Waals surface area contributed by atoms with Crippen molar-refractivity contribution in [1.82, 2.24) is 20.2 Å². The summed E-state index contributed by atoms with van der Waals surface area (Å²) in [5, 5.41) is 6.30. The Hall–Kier alpha value is -3.40. The van der Waals surface area contributed by atoms with Gasteiger partial charge in [0.15, 0.2) is 5.82 Å². The van der Waals surface area contributed by atoms with Gasteiger partial charge in [-0.2, -0.15) is 4.98 Å². The number of rotatable bonds is 11. The van der Waals surface area contributed by atoms with E-state index in [9.17, 15) is 9.59 Å². The van der Waals surface area contributed by atoms with E-state index in [-0.39, 0.29) is 17.2 Å². The van der Waals surface area contributed by atoms with Crippen molar-refractivity contribution in [3.63, 3.8) is 0 Å². The van der Waals surface area contributed by atoms with Crippen LogP contribution in [0.3, 0.4) is 0 Å². The number of nitrogens with zero attached hydrogens (tertiary/aromatic N) is 5. The molecule has 1 aromatic carbocycles. The number of anilines is 4. The van der Waals surface area contributed by atoms with E-state index < -0.39 is 5.54 Å². The predicted octanol–water partition coefficient (Wildman–Crippen LogP) is 3.91. The summed E-state index contributed by atoms with van der Waals surface area (Å²) in [7, 11) is 7.42. The summed E-state index contributed by atoms with van der Waals surface area (Å²) < 4.78 is 5.61. The van der Waals surface area contributed by atoms with Crippen molar-refractivity contribution in [3.8, 4) is 5.75 Å². The van der Waals surface area contributed by atoms with E-state index in [2.05, 4.69) is 53.1 Å². The van der Waals surface area contributed by atoms with Gasteiger partial charge in [-0.15, -0.1) is 0 Å². The van der Waals surface area contributed by atoms with Crippen molar-refractivity contribution >= 4 is 35.0 Å². The van der Waals surface area contributed by atoms with Crippen LogP contribution in [0.4, 0.5) is 23.1 Å². The number of fused-ring (bicyclic) bond motifs is 1. The number of likely N-dealkylation sites (N-methyl/N-ethyl adjacent to an activating group) is 1. The monoisotopic (exact) mass is 537 g/mol. The topological polar surface area (TPSA) is 103 Å².